The van der Waals surface area contributed by atoms with Gasteiger partial charge in [0.05, 0.1) is 18.8 Å². The summed E-state index contributed by atoms with van der Waals surface area (Å²) in [5.41, 5.74) is 0.682. The average Bonchev–Trinajstić information content (AvgIpc) is 3.59. The van der Waals surface area contributed by atoms with Crippen LogP contribution in [0.1, 0.15) is 35.1 Å². The van der Waals surface area contributed by atoms with Crippen molar-refractivity contribution in [1.82, 2.24) is 10.2 Å². The molecule has 2 aliphatic rings. The van der Waals surface area contributed by atoms with E-state index in [1.165, 1.54) is 12.1 Å². The minimum Gasteiger partial charge on any atom is -0.378 e. The summed E-state index contributed by atoms with van der Waals surface area (Å²) in [5, 5.41) is 2.88. The second-order valence-corrected chi connectivity index (χ2v) is 7.86. The summed E-state index contributed by atoms with van der Waals surface area (Å²) < 4.78 is 43.6. The molecule has 1 N–H and O–H groups in total. The number of carbonyl (C=O) groups is 2. The number of ether oxygens (including phenoxy) is 1. The maximum atomic E-state index is 13.1. The Kier molecular flexibility index (Phi) is 6.00. The number of nitrogens with zero attached hydrogens (tertiary/aromatic N) is 1. The second kappa shape index (κ2) is 8.70. The number of hydrogen-bond donors (Lipinski definition) is 1. The highest BCUT2D eigenvalue weighted by atomic mass is 19.4. The third-order valence-electron chi connectivity index (χ3n) is 5.78. The fourth-order valence-corrected chi connectivity index (χ4v) is 3.92. The van der Waals surface area contributed by atoms with Gasteiger partial charge in [0.15, 0.2) is 0 Å². The van der Waals surface area contributed by atoms with Crippen LogP contribution in [0.4, 0.5) is 13.2 Å². The molecule has 0 bridgehead atoms. The molecule has 2 aromatic carbocycles. The Hall–Kier alpha value is -2.87. The van der Waals surface area contributed by atoms with Crippen LogP contribution in [0.5, 0.6) is 0 Å². The van der Waals surface area contributed by atoms with E-state index in [1.807, 2.05) is 18.2 Å². The molecule has 1 aliphatic heterocycles. The van der Waals surface area contributed by atoms with Crippen LogP contribution < -0.4 is 5.32 Å². The van der Waals surface area contributed by atoms with Crippen molar-refractivity contribution in [2.24, 2.45) is 5.92 Å². The molecule has 5 nitrogen and oxygen atoms in total. The maximum Gasteiger partial charge on any atom is 0.416 e. The first-order valence-electron chi connectivity index (χ1n) is 10.2. The van der Waals surface area contributed by atoms with E-state index in [1.54, 1.807) is 17.0 Å². The van der Waals surface area contributed by atoms with E-state index in [-0.39, 0.29) is 23.7 Å². The molecule has 8 heteroatoms. The highest BCUT2D eigenvalue weighted by Gasteiger charge is 2.45. The molecule has 31 heavy (non-hydrogen) atoms. The van der Waals surface area contributed by atoms with E-state index < -0.39 is 17.8 Å². The fraction of sp³-hybridized carbons (Fsp3) is 0.391. The lowest BCUT2D eigenvalue weighted by Gasteiger charge is -2.31. The first kappa shape index (κ1) is 21.4. The van der Waals surface area contributed by atoms with E-state index in [0.29, 0.717) is 43.9 Å². The van der Waals surface area contributed by atoms with Gasteiger partial charge in [0.25, 0.3) is 0 Å². The van der Waals surface area contributed by atoms with Crippen molar-refractivity contribution < 1.29 is 27.5 Å². The Balaban J connectivity index is 1.45. The van der Waals surface area contributed by atoms with Crippen molar-refractivity contribution in [1.29, 1.82) is 0 Å². The zero-order valence-electron chi connectivity index (χ0n) is 16.8. The quantitative estimate of drug-likeness (QED) is 0.787. The van der Waals surface area contributed by atoms with Gasteiger partial charge < -0.3 is 15.0 Å². The number of halogens is 3. The summed E-state index contributed by atoms with van der Waals surface area (Å²) in [6.07, 6.45) is -3.84. The van der Waals surface area contributed by atoms with Crippen LogP contribution in [0.3, 0.4) is 0 Å². The van der Waals surface area contributed by atoms with Crippen LogP contribution in [-0.4, -0.2) is 43.0 Å². The van der Waals surface area contributed by atoms with Gasteiger partial charge in [-0.3, -0.25) is 9.59 Å². The van der Waals surface area contributed by atoms with Crippen molar-refractivity contribution >= 4 is 11.8 Å². The molecule has 3 unspecified atom stereocenters. The van der Waals surface area contributed by atoms with Crippen LogP contribution in [0.25, 0.3) is 0 Å². The van der Waals surface area contributed by atoms with Crippen molar-refractivity contribution in [2.75, 3.05) is 26.3 Å². The lowest BCUT2D eigenvalue weighted by molar-refractivity contribution is -0.140. The zero-order chi connectivity index (χ0) is 22.0. The van der Waals surface area contributed by atoms with Gasteiger partial charge in [0.2, 0.25) is 11.8 Å². The van der Waals surface area contributed by atoms with E-state index in [2.05, 4.69) is 5.32 Å². The first-order valence-corrected chi connectivity index (χ1v) is 10.2. The number of alkyl halides is 3. The lowest BCUT2D eigenvalue weighted by Crippen LogP contribution is -2.47. The van der Waals surface area contributed by atoms with E-state index in [0.717, 1.165) is 12.1 Å². The molecule has 1 saturated carbocycles. The van der Waals surface area contributed by atoms with Crippen LogP contribution in [-0.2, 0) is 20.5 Å². The number of benzene rings is 2. The van der Waals surface area contributed by atoms with Crippen molar-refractivity contribution in [3.63, 3.8) is 0 Å². The van der Waals surface area contributed by atoms with Crippen LogP contribution in [0, 0.1) is 5.92 Å². The Morgan fingerprint density at radius 1 is 1.00 bits per heavy atom. The van der Waals surface area contributed by atoms with E-state index in [9.17, 15) is 22.8 Å². The number of carbonyl (C=O) groups excluding carboxylic acids is 2. The maximum absolute atomic E-state index is 13.1. The van der Waals surface area contributed by atoms with Gasteiger partial charge in [-0.25, -0.2) is 0 Å². The Morgan fingerprint density at radius 3 is 2.26 bits per heavy atom. The zero-order valence-corrected chi connectivity index (χ0v) is 16.8. The van der Waals surface area contributed by atoms with E-state index >= 15 is 0 Å². The molecular weight excluding hydrogens is 409 g/mol. The summed E-state index contributed by atoms with van der Waals surface area (Å²) in [4.78, 5) is 27.7. The number of nitrogens with one attached hydrogen (secondary N) is 1. The van der Waals surface area contributed by atoms with Crippen LogP contribution in [0.15, 0.2) is 54.6 Å². The summed E-state index contributed by atoms with van der Waals surface area (Å²) in [7, 11) is 0. The van der Waals surface area contributed by atoms with Crippen LogP contribution >= 0.6 is 0 Å². The molecule has 1 aliphatic carbocycles. The molecule has 2 amide bonds. The molecule has 3 atom stereocenters. The first-order chi connectivity index (χ1) is 14.8. The predicted octanol–water partition coefficient (Wildman–Crippen LogP) is 3.53. The number of amides is 2. The number of hydrogen-bond acceptors (Lipinski definition) is 3. The molecule has 0 radical (unpaired) electrons. The minimum absolute atomic E-state index is 0.141. The second-order valence-electron chi connectivity index (χ2n) is 7.86. The van der Waals surface area contributed by atoms with Gasteiger partial charge in [-0.1, -0.05) is 42.5 Å². The van der Waals surface area contributed by atoms with Gasteiger partial charge in [-0.2, -0.15) is 13.2 Å². The molecule has 0 aromatic heterocycles. The van der Waals surface area contributed by atoms with Gasteiger partial charge in [-0.15, -0.1) is 0 Å². The molecule has 1 heterocycles. The summed E-state index contributed by atoms with van der Waals surface area (Å²) in [6, 6.07) is 13.2. The van der Waals surface area contributed by atoms with E-state index in [4.69, 9.17) is 4.74 Å². The molecule has 2 aromatic rings. The molecule has 1 saturated heterocycles. The topological polar surface area (TPSA) is 58.6 Å². The van der Waals surface area contributed by atoms with Crippen LogP contribution in [0.2, 0.25) is 0 Å². The summed E-state index contributed by atoms with van der Waals surface area (Å²) in [5.74, 6) is -0.951. The predicted molar refractivity (Wildman–Crippen MR) is 107 cm³/mol. The highest BCUT2D eigenvalue weighted by Crippen LogP contribution is 2.48. The normalized spacial score (nSPS) is 22.0. The molecule has 4 rings (SSSR count). The third-order valence-corrected chi connectivity index (χ3v) is 5.78. The Labute approximate surface area is 178 Å². The molecule has 164 valence electrons. The lowest BCUT2D eigenvalue weighted by atomic mass is 10.0. The monoisotopic (exact) mass is 432 g/mol. The minimum atomic E-state index is -4.39. The van der Waals surface area contributed by atoms with Crippen molar-refractivity contribution in [3.8, 4) is 0 Å². The number of morpholine rings is 1. The van der Waals surface area contributed by atoms with Gasteiger partial charge in [0, 0.05) is 19.0 Å². The van der Waals surface area contributed by atoms with Gasteiger partial charge in [-0.05, 0) is 35.6 Å². The molecule has 2 fully saturated rings. The molecule has 0 spiro atoms. The third kappa shape index (κ3) is 4.90. The summed E-state index contributed by atoms with van der Waals surface area (Å²) >= 11 is 0. The Bertz CT molecular complexity index is 925. The Morgan fingerprint density at radius 2 is 1.65 bits per heavy atom. The molecular formula is C23H23F3N2O3. The largest absolute Gasteiger partial charge is 0.416 e. The van der Waals surface area contributed by atoms with Crippen molar-refractivity contribution in [2.45, 2.75) is 24.6 Å². The fourth-order valence-electron chi connectivity index (χ4n) is 3.92. The smallest absolute Gasteiger partial charge is 0.378 e. The van der Waals surface area contributed by atoms with Gasteiger partial charge in [0.1, 0.15) is 6.04 Å². The van der Waals surface area contributed by atoms with Crippen molar-refractivity contribution in [3.05, 3.63) is 71.3 Å². The number of rotatable bonds is 5. The average molecular weight is 432 g/mol. The standard InChI is InChI=1S/C23H23F3N2O3/c24-23(25,26)17-8-6-15(7-9-17)18-14-19(18)21(29)27-20(16-4-2-1-3-5-16)22(30)28-10-12-31-13-11-28/h1-9,18-20H,10-14H2,(H,27,29). The SMILES string of the molecule is O=C(NC(C(=O)N1CCOCC1)c1ccccc1)C1CC1c1ccc(C(F)(F)F)cc1. The highest BCUT2D eigenvalue weighted by molar-refractivity contribution is 5.91. The summed E-state index contributed by atoms with van der Waals surface area (Å²) in [6.45, 7) is 1.85. The van der Waals surface area contributed by atoms with Gasteiger partial charge >= 0.3 is 6.18 Å².